The van der Waals surface area contributed by atoms with Crippen LogP contribution in [0.4, 0.5) is 5.82 Å². The molecule has 1 atom stereocenters. The molecular weight excluding hydrogens is 272 g/mol. The van der Waals surface area contributed by atoms with Gasteiger partial charge in [-0.15, -0.1) is 0 Å². The SMILES string of the molecule is Cc1ccc2c(c1)c1ncnc(N3CCCC(C)C3)c1n2C. The molecule has 0 amide bonds. The average Bonchev–Trinajstić information content (AvgIpc) is 2.80. The molecule has 3 heterocycles. The van der Waals surface area contributed by atoms with Gasteiger partial charge in [0.05, 0.1) is 5.52 Å². The Kier molecular flexibility index (Phi) is 3.06. The van der Waals surface area contributed by atoms with E-state index in [-0.39, 0.29) is 0 Å². The summed E-state index contributed by atoms with van der Waals surface area (Å²) in [6, 6.07) is 6.58. The molecule has 1 aliphatic heterocycles. The minimum atomic E-state index is 0.732. The lowest BCUT2D eigenvalue weighted by atomic mass is 10.0. The molecule has 0 N–H and O–H groups in total. The molecule has 0 radical (unpaired) electrons. The number of rotatable bonds is 1. The van der Waals surface area contributed by atoms with Crippen molar-refractivity contribution < 1.29 is 0 Å². The molecule has 1 aliphatic rings. The molecule has 0 saturated carbocycles. The number of hydrogen-bond donors (Lipinski definition) is 0. The summed E-state index contributed by atoms with van der Waals surface area (Å²) in [5.41, 5.74) is 4.74. The highest BCUT2D eigenvalue weighted by atomic mass is 15.2. The van der Waals surface area contributed by atoms with Crippen LogP contribution in [0.2, 0.25) is 0 Å². The van der Waals surface area contributed by atoms with E-state index in [1.165, 1.54) is 29.3 Å². The first-order valence-electron chi connectivity index (χ1n) is 8.10. The monoisotopic (exact) mass is 294 g/mol. The van der Waals surface area contributed by atoms with Crippen LogP contribution in [0.3, 0.4) is 0 Å². The number of piperidine rings is 1. The van der Waals surface area contributed by atoms with E-state index in [4.69, 9.17) is 0 Å². The van der Waals surface area contributed by atoms with Gasteiger partial charge in [-0.05, 0) is 37.8 Å². The minimum Gasteiger partial charge on any atom is -0.355 e. The lowest BCUT2D eigenvalue weighted by molar-refractivity contribution is 0.445. The van der Waals surface area contributed by atoms with E-state index in [1.54, 1.807) is 6.33 Å². The third kappa shape index (κ3) is 1.97. The summed E-state index contributed by atoms with van der Waals surface area (Å²) in [7, 11) is 2.13. The number of aromatic nitrogens is 3. The Bertz CT molecular complexity index is 849. The van der Waals surface area contributed by atoms with Crippen molar-refractivity contribution in [2.45, 2.75) is 26.7 Å². The van der Waals surface area contributed by atoms with E-state index in [0.29, 0.717) is 0 Å². The minimum absolute atomic E-state index is 0.732. The van der Waals surface area contributed by atoms with Crippen LogP contribution in [0, 0.1) is 12.8 Å². The highest BCUT2D eigenvalue weighted by molar-refractivity contribution is 6.09. The highest BCUT2D eigenvalue weighted by Crippen LogP contribution is 2.33. The summed E-state index contributed by atoms with van der Waals surface area (Å²) in [5.74, 6) is 1.82. The van der Waals surface area contributed by atoms with Crippen molar-refractivity contribution in [1.82, 2.24) is 14.5 Å². The smallest absolute Gasteiger partial charge is 0.156 e. The number of nitrogens with zero attached hydrogens (tertiary/aromatic N) is 4. The molecule has 22 heavy (non-hydrogen) atoms. The van der Waals surface area contributed by atoms with Crippen LogP contribution in [-0.4, -0.2) is 27.6 Å². The number of benzene rings is 1. The van der Waals surface area contributed by atoms with E-state index >= 15 is 0 Å². The first-order chi connectivity index (χ1) is 10.6. The number of hydrogen-bond acceptors (Lipinski definition) is 3. The number of aryl methyl sites for hydroxylation is 2. The van der Waals surface area contributed by atoms with Crippen LogP contribution in [0.5, 0.6) is 0 Å². The Morgan fingerprint density at radius 1 is 1.23 bits per heavy atom. The third-order valence-corrected chi connectivity index (χ3v) is 4.86. The summed E-state index contributed by atoms with van der Waals surface area (Å²) in [6.07, 6.45) is 4.29. The molecular formula is C18H22N4. The average molecular weight is 294 g/mol. The van der Waals surface area contributed by atoms with Crippen LogP contribution in [0.1, 0.15) is 25.3 Å². The van der Waals surface area contributed by atoms with E-state index < -0.39 is 0 Å². The molecule has 1 aromatic carbocycles. The normalized spacial score (nSPS) is 19.2. The van der Waals surface area contributed by atoms with Gasteiger partial charge in [0.2, 0.25) is 0 Å². The summed E-state index contributed by atoms with van der Waals surface area (Å²) in [6.45, 7) is 6.64. The van der Waals surface area contributed by atoms with Crippen LogP contribution >= 0.6 is 0 Å². The molecule has 114 valence electrons. The topological polar surface area (TPSA) is 34.0 Å². The maximum absolute atomic E-state index is 4.64. The van der Waals surface area contributed by atoms with Crippen molar-refractivity contribution in [2.24, 2.45) is 13.0 Å². The molecule has 4 rings (SSSR count). The first-order valence-corrected chi connectivity index (χ1v) is 8.10. The second kappa shape index (κ2) is 4.97. The molecule has 1 fully saturated rings. The standard InChI is InChI=1S/C18H22N4/c1-12-6-7-15-14(9-12)16-17(21(15)3)18(20-11-19-16)22-8-4-5-13(2)10-22/h6-7,9,11,13H,4-5,8,10H2,1-3H3. The predicted molar refractivity (Wildman–Crippen MR) is 91.4 cm³/mol. The zero-order valence-corrected chi connectivity index (χ0v) is 13.5. The lowest BCUT2D eigenvalue weighted by Crippen LogP contribution is -2.35. The van der Waals surface area contributed by atoms with E-state index in [9.17, 15) is 0 Å². The van der Waals surface area contributed by atoms with Crippen molar-refractivity contribution >= 4 is 27.8 Å². The van der Waals surface area contributed by atoms with Crippen molar-refractivity contribution in [3.8, 4) is 0 Å². The Balaban J connectivity index is 1.98. The summed E-state index contributed by atoms with van der Waals surface area (Å²) >= 11 is 0. The molecule has 4 nitrogen and oxygen atoms in total. The van der Waals surface area contributed by atoms with E-state index in [2.05, 4.69) is 58.5 Å². The van der Waals surface area contributed by atoms with Crippen LogP contribution in [0.15, 0.2) is 24.5 Å². The van der Waals surface area contributed by atoms with Crippen molar-refractivity contribution in [2.75, 3.05) is 18.0 Å². The van der Waals surface area contributed by atoms with Gasteiger partial charge in [-0.25, -0.2) is 9.97 Å². The Morgan fingerprint density at radius 2 is 2.09 bits per heavy atom. The maximum atomic E-state index is 4.64. The highest BCUT2D eigenvalue weighted by Gasteiger charge is 2.22. The van der Waals surface area contributed by atoms with Gasteiger partial charge in [-0.2, -0.15) is 0 Å². The molecule has 0 bridgehead atoms. The zero-order valence-electron chi connectivity index (χ0n) is 13.5. The summed E-state index contributed by atoms with van der Waals surface area (Å²) in [4.78, 5) is 11.7. The van der Waals surface area contributed by atoms with Crippen LogP contribution in [0.25, 0.3) is 21.9 Å². The van der Waals surface area contributed by atoms with Gasteiger partial charge in [0.1, 0.15) is 17.4 Å². The van der Waals surface area contributed by atoms with Gasteiger partial charge < -0.3 is 9.47 Å². The molecule has 0 aliphatic carbocycles. The second-order valence-corrected chi connectivity index (χ2v) is 6.67. The van der Waals surface area contributed by atoms with Crippen LogP contribution < -0.4 is 4.90 Å². The predicted octanol–water partition coefficient (Wildman–Crippen LogP) is 3.67. The molecule has 1 saturated heterocycles. The van der Waals surface area contributed by atoms with Crippen LogP contribution in [-0.2, 0) is 7.05 Å². The second-order valence-electron chi connectivity index (χ2n) is 6.67. The van der Waals surface area contributed by atoms with Gasteiger partial charge in [0, 0.05) is 25.5 Å². The fraction of sp³-hybridized carbons (Fsp3) is 0.444. The van der Waals surface area contributed by atoms with Gasteiger partial charge in [-0.1, -0.05) is 18.6 Å². The van der Waals surface area contributed by atoms with Gasteiger partial charge in [0.25, 0.3) is 0 Å². The number of fused-ring (bicyclic) bond motifs is 3. The fourth-order valence-electron chi connectivity index (χ4n) is 3.74. The number of anilines is 1. The van der Waals surface area contributed by atoms with Gasteiger partial charge >= 0.3 is 0 Å². The maximum Gasteiger partial charge on any atom is 0.156 e. The van der Waals surface area contributed by atoms with Gasteiger partial charge in [0.15, 0.2) is 5.82 Å². The summed E-state index contributed by atoms with van der Waals surface area (Å²) < 4.78 is 2.25. The van der Waals surface area contributed by atoms with Crippen molar-refractivity contribution in [1.29, 1.82) is 0 Å². The quantitative estimate of drug-likeness (QED) is 0.687. The summed E-state index contributed by atoms with van der Waals surface area (Å²) in [5, 5.41) is 1.23. The molecule has 1 unspecified atom stereocenters. The van der Waals surface area contributed by atoms with Crippen molar-refractivity contribution in [3.05, 3.63) is 30.1 Å². The van der Waals surface area contributed by atoms with E-state index in [0.717, 1.165) is 35.9 Å². The van der Waals surface area contributed by atoms with Gasteiger partial charge in [-0.3, -0.25) is 0 Å². The largest absolute Gasteiger partial charge is 0.355 e. The Hall–Kier alpha value is -2.10. The molecule has 0 spiro atoms. The fourth-order valence-corrected chi connectivity index (χ4v) is 3.74. The van der Waals surface area contributed by atoms with Crippen molar-refractivity contribution in [3.63, 3.8) is 0 Å². The molecule has 3 aromatic rings. The Labute approximate surface area is 130 Å². The Morgan fingerprint density at radius 3 is 2.91 bits per heavy atom. The molecule has 2 aromatic heterocycles. The first kappa shape index (κ1) is 13.6. The zero-order chi connectivity index (χ0) is 15.3. The molecule has 4 heteroatoms. The third-order valence-electron chi connectivity index (χ3n) is 4.86. The lowest BCUT2D eigenvalue weighted by Gasteiger charge is -2.32. The van der Waals surface area contributed by atoms with E-state index in [1.807, 2.05) is 0 Å².